The van der Waals surface area contributed by atoms with E-state index in [4.69, 9.17) is 9.97 Å². The number of H-pyrrole nitrogens is 1. The van der Waals surface area contributed by atoms with E-state index < -0.39 is 0 Å². The molecule has 2 atom stereocenters. The molecule has 158 valence electrons. The van der Waals surface area contributed by atoms with Gasteiger partial charge in [-0.25, -0.2) is 19.3 Å². The van der Waals surface area contributed by atoms with Gasteiger partial charge in [0.2, 0.25) is 0 Å². The van der Waals surface area contributed by atoms with E-state index >= 15 is 0 Å². The first-order chi connectivity index (χ1) is 15.2. The molecule has 0 amide bonds. The zero-order chi connectivity index (χ0) is 20.9. The number of rotatable bonds is 4. The van der Waals surface area contributed by atoms with Crippen LogP contribution in [0.25, 0.3) is 33.0 Å². The highest BCUT2D eigenvalue weighted by Gasteiger charge is 2.41. The van der Waals surface area contributed by atoms with Crippen molar-refractivity contribution in [2.24, 2.45) is 17.8 Å². The number of pyridine rings is 1. The SMILES string of the molecule is CC1C2CCC(CC2)C1Nc1cc(-c2cccs2)nc(-c2c[nH]c3ncc(F)cc23)n1. The second kappa shape index (κ2) is 7.41. The average molecular weight is 434 g/mol. The maximum atomic E-state index is 13.9. The monoisotopic (exact) mass is 433 g/mol. The molecule has 2 bridgehead atoms. The largest absolute Gasteiger partial charge is 0.367 e. The Kier molecular flexibility index (Phi) is 4.52. The van der Waals surface area contributed by atoms with Crippen molar-refractivity contribution >= 4 is 28.2 Å². The first kappa shape index (κ1) is 18.9. The summed E-state index contributed by atoms with van der Waals surface area (Å²) in [5.74, 6) is 3.21. The average Bonchev–Trinajstić information content (AvgIpc) is 3.46. The Morgan fingerprint density at radius 1 is 1.13 bits per heavy atom. The molecule has 0 aliphatic heterocycles. The molecule has 4 heterocycles. The highest BCUT2D eigenvalue weighted by atomic mass is 32.1. The van der Waals surface area contributed by atoms with Crippen molar-refractivity contribution in [2.75, 3.05) is 5.32 Å². The number of aromatic amines is 1. The van der Waals surface area contributed by atoms with Gasteiger partial charge in [-0.2, -0.15) is 0 Å². The number of fused-ring (bicyclic) bond motifs is 4. The van der Waals surface area contributed by atoms with E-state index in [1.807, 2.05) is 12.3 Å². The second-order valence-electron chi connectivity index (χ2n) is 8.90. The lowest BCUT2D eigenvalue weighted by molar-refractivity contribution is 0.0928. The van der Waals surface area contributed by atoms with Crippen molar-refractivity contribution in [3.8, 4) is 22.0 Å². The van der Waals surface area contributed by atoms with Crippen molar-refractivity contribution in [3.05, 3.63) is 47.9 Å². The molecule has 3 saturated carbocycles. The Labute approximate surface area is 184 Å². The van der Waals surface area contributed by atoms with Gasteiger partial charge in [-0.1, -0.05) is 13.0 Å². The zero-order valence-corrected chi connectivity index (χ0v) is 18.1. The van der Waals surface area contributed by atoms with Crippen molar-refractivity contribution in [1.82, 2.24) is 19.9 Å². The molecule has 3 aliphatic carbocycles. The summed E-state index contributed by atoms with van der Waals surface area (Å²) in [4.78, 5) is 18.1. The van der Waals surface area contributed by atoms with Gasteiger partial charge in [-0.3, -0.25) is 0 Å². The first-order valence-electron chi connectivity index (χ1n) is 11.0. The standard InChI is InChI=1S/C24H24FN5S/c1-13-14-4-6-15(7-5-14)22(13)29-21-10-19(20-3-2-8-31-20)28-24(30-21)18-12-27-23-17(18)9-16(25)11-26-23/h2-3,8-15,22H,4-7H2,1H3,(H,26,27)(H,28,29,30). The van der Waals surface area contributed by atoms with E-state index in [2.05, 4.69) is 39.7 Å². The van der Waals surface area contributed by atoms with Crippen LogP contribution < -0.4 is 5.32 Å². The normalized spacial score (nSPS) is 25.2. The molecular weight excluding hydrogens is 409 g/mol. The zero-order valence-electron chi connectivity index (χ0n) is 17.3. The summed E-state index contributed by atoms with van der Waals surface area (Å²) >= 11 is 1.66. The summed E-state index contributed by atoms with van der Waals surface area (Å²) in [6.45, 7) is 2.38. The predicted octanol–water partition coefficient (Wildman–Crippen LogP) is 6.12. The third-order valence-electron chi connectivity index (χ3n) is 7.19. The summed E-state index contributed by atoms with van der Waals surface area (Å²) in [5.41, 5.74) is 2.28. The Morgan fingerprint density at radius 3 is 2.74 bits per heavy atom. The highest BCUT2D eigenvalue weighted by molar-refractivity contribution is 7.13. The van der Waals surface area contributed by atoms with Gasteiger partial charge in [-0.15, -0.1) is 11.3 Å². The molecule has 0 aromatic carbocycles. The van der Waals surface area contributed by atoms with Crippen LogP contribution in [-0.2, 0) is 0 Å². The molecule has 3 fully saturated rings. The molecule has 0 radical (unpaired) electrons. The van der Waals surface area contributed by atoms with Crippen LogP contribution in [0, 0.1) is 23.6 Å². The molecule has 7 heteroatoms. The molecule has 2 unspecified atom stereocenters. The Balaban J connectivity index is 1.44. The summed E-state index contributed by atoms with van der Waals surface area (Å²) in [6.07, 6.45) is 8.35. The van der Waals surface area contributed by atoms with Gasteiger partial charge in [0.05, 0.1) is 16.8 Å². The van der Waals surface area contributed by atoms with Gasteiger partial charge in [0.1, 0.15) is 17.3 Å². The first-order valence-corrected chi connectivity index (χ1v) is 11.9. The van der Waals surface area contributed by atoms with Gasteiger partial charge < -0.3 is 10.3 Å². The maximum Gasteiger partial charge on any atom is 0.164 e. The summed E-state index contributed by atoms with van der Waals surface area (Å²) in [5, 5.41) is 6.53. The molecule has 4 aromatic rings. The summed E-state index contributed by atoms with van der Waals surface area (Å²) in [7, 11) is 0. The number of halogens is 1. The molecule has 2 N–H and O–H groups in total. The number of hydrogen-bond acceptors (Lipinski definition) is 5. The van der Waals surface area contributed by atoms with Crippen LogP contribution in [0.2, 0.25) is 0 Å². The minimum absolute atomic E-state index is 0.367. The molecule has 5 nitrogen and oxygen atoms in total. The Hall–Kier alpha value is -2.80. The number of hydrogen-bond donors (Lipinski definition) is 2. The molecular formula is C24H24FN5S. The van der Waals surface area contributed by atoms with Crippen LogP contribution in [0.4, 0.5) is 10.2 Å². The fraction of sp³-hybridized carbons (Fsp3) is 0.375. The summed E-state index contributed by atoms with van der Waals surface area (Å²) < 4.78 is 13.9. The van der Waals surface area contributed by atoms with Gasteiger partial charge in [0.15, 0.2) is 5.82 Å². The maximum absolute atomic E-state index is 13.9. The van der Waals surface area contributed by atoms with E-state index in [1.165, 1.54) is 37.9 Å². The molecule has 7 rings (SSSR count). The van der Waals surface area contributed by atoms with Gasteiger partial charge in [-0.05, 0) is 60.9 Å². The number of anilines is 1. The minimum atomic E-state index is -0.367. The quantitative estimate of drug-likeness (QED) is 0.407. The Morgan fingerprint density at radius 2 is 1.97 bits per heavy atom. The third-order valence-corrected chi connectivity index (χ3v) is 8.08. The van der Waals surface area contributed by atoms with E-state index in [9.17, 15) is 4.39 Å². The number of thiophene rings is 1. The van der Waals surface area contributed by atoms with Crippen LogP contribution in [0.5, 0.6) is 0 Å². The van der Waals surface area contributed by atoms with E-state index in [0.717, 1.165) is 27.9 Å². The van der Waals surface area contributed by atoms with E-state index in [1.54, 1.807) is 11.3 Å². The predicted molar refractivity (Wildman–Crippen MR) is 122 cm³/mol. The van der Waals surface area contributed by atoms with Crippen molar-refractivity contribution in [3.63, 3.8) is 0 Å². The molecule has 4 aromatic heterocycles. The smallest absolute Gasteiger partial charge is 0.164 e. The fourth-order valence-corrected chi connectivity index (χ4v) is 6.21. The lowest BCUT2D eigenvalue weighted by Crippen LogP contribution is -2.47. The van der Waals surface area contributed by atoms with Crippen LogP contribution in [0.1, 0.15) is 32.6 Å². The lowest BCUT2D eigenvalue weighted by Gasteiger charge is -2.47. The van der Waals surface area contributed by atoms with Crippen LogP contribution in [0.3, 0.4) is 0 Å². The second-order valence-corrected chi connectivity index (χ2v) is 9.84. The fourth-order valence-electron chi connectivity index (χ4n) is 5.53. The van der Waals surface area contributed by atoms with Crippen molar-refractivity contribution in [2.45, 2.75) is 38.6 Å². The number of nitrogens with zero attached hydrogens (tertiary/aromatic N) is 3. The third kappa shape index (κ3) is 3.31. The van der Waals surface area contributed by atoms with Crippen LogP contribution in [-0.4, -0.2) is 26.0 Å². The van der Waals surface area contributed by atoms with E-state index in [0.29, 0.717) is 34.7 Å². The van der Waals surface area contributed by atoms with Crippen LogP contribution >= 0.6 is 11.3 Å². The highest BCUT2D eigenvalue weighted by Crippen LogP contribution is 2.46. The summed E-state index contributed by atoms with van der Waals surface area (Å²) in [6, 6.07) is 8.08. The van der Waals surface area contributed by atoms with Gasteiger partial charge >= 0.3 is 0 Å². The van der Waals surface area contributed by atoms with E-state index in [-0.39, 0.29) is 5.82 Å². The van der Waals surface area contributed by atoms with Gasteiger partial charge in [0, 0.05) is 29.3 Å². The van der Waals surface area contributed by atoms with Gasteiger partial charge in [0.25, 0.3) is 0 Å². The van der Waals surface area contributed by atoms with Crippen LogP contribution in [0.15, 0.2) is 42.0 Å². The number of nitrogens with one attached hydrogen (secondary N) is 2. The van der Waals surface area contributed by atoms with Crippen molar-refractivity contribution in [1.29, 1.82) is 0 Å². The molecule has 3 aliphatic rings. The topological polar surface area (TPSA) is 66.5 Å². The molecule has 0 spiro atoms. The Bertz CT molecular complexity index is 1220. The van der Waals surface area contributed by atoms with Crippen molar-refractivity contribution < 1.29 is 4.39 Å². The molecule has 0 saturated heterocycles. The number of aromatic nitrogens is 4. The lowest BCUT2D eigenvalue weighted by atomic mass is 9.62. The minimum Gasteiger partial charge on any atom is -0.367 e. The molecule has 31 heavy (non-hydrogen) atoms.